The first kappa shape index (κ1) is 13.9. The van der Waals surface area contributed by atoms with E-state index in [4.69, 9.17) is 5.11 Å². The lowest BCUT2D eigenvalue weighted by molar-refractivity contribution is 0.237. The number of rotatable bonds is 6. The minimum Gasteiger partial charge on any atom is -0.396 e. The van der Waals surface area contributed by atoms with E-state index in [1.54, 1.807) is 4.31 Å². The highest BCUT2D eigenvalue weighted by Gasteiger charge is 2.30. The third kappa shape index (κ3) is 3.71. The SMILES string of the molecule is CCCC1CCCCN1S(=O)(=O)CCCO. The Hall–Kier alpha value is -0.130. The molecule has 4 nitrogen and oxygen atoms in total. The Kier molecular flexibility index (Phi) is 5.72. The molecule has 1 fully saturated rings. The summed E-state index contributed by atoms with van der Waals surface area (Å²) in [6.45, 7) is 2.71. The Labute approximate surface area is 98.7 Å². The summed E-state index contributed by atoms with van der Waals surface area (Å²) in [5, 5.41) is 8.71. The first-order chi connectivity index (χ1) is 7.61. The van der Waals surface area contributed by atoms with Crippen molar-refractivity contribution >= 4 is 10.0 Å². The van der Waals surface area contributed by atoms with Gasteiger partial charge in [0, 0.05) is 19.2 Å². The van der Waals surface area contributed by atoms with Crippen LogP contribution in [0.25, 0.3) is 0 Å². The van der Waals surface area contributed by atoms with E-state index in [0.717, 1.165) is 32.1 Å². The summed E-state index contributed by atoms with van der Waals surface area (Å²) in [6, 6.07) is 0.197. The predicted molar refractivity (Wildman–Crippen MR) is 64.7 cm³/mol. The molecular formula is C11H23NO3S. The summed E-state index contributed by atoms with van der Waals surface area (Å²) < 4.78 is 25.8. The zero-order valence-corrected chi connectivity index (χ0v) is 10.9. The van der Waals surface area contributed by atoms with Crippen LogP contribution in [0.15, 0.2) is 0 Å². The van der Waals surface area contributed by atoms with E-state index in [1.807, 2.05) is 0 Å². The Morgan fingerprint density at radius 1 is 1.38 bits per heavy atom. The summed E-state index contributed by atoms with van der Waals surface area (Å²) in [4.78, 5) is 0. The minimum absolute atomic E-state index is 0.0501. The summed E-state index contributed by atoms with van der Waals surface area (Å²) in [5.74, 6) is 0.0870. The second-order valence-corrected chi connectivity index (χ2v) is 6.48. The number of hydrogen-bond donors (Lipinski definition) is 1. The lowest BCUT2D eigenvalue weighted by Gasteiger charge is -2.34. The van der Waals surface area contributed by atoms with Gasteiger partial charge in [-0.05, 0) is 25.7 Å². The van der Waals surface area contributed by atoms with Crippen molar-refractivity contribution in [2.75, 3.05) is 18.9 Å². The number of piperidine rings is 1. The molecule has 1 aliphatic heterocycles. The van der Waals surface area contributed by atoms with Crippen LogP contribution in [0.5, 0.6) is 0 Å². The molecule has 1 heterocycles. The summed E-state index contributed by atoms with van der Waals surface area (Å²) >= 11 is 0. The minimum atomic E-state index is -3.14. The second-order valence-electron chi connectivity index (χ2n) is 4.44. The van der Waals surface area contributed by atoms with Gasteiger partial charge in [-0.1, -0.05) is 19.8 Å². The molecule has 16 heavy (non-hydrogen) atoms. The number of nitrogens with zero attached hydrogens (tertiary/aromatic N) is 1. The molecule has 0 radical (unpaired) electrons. The first-order valence-electron chi connectivity index (χ1n) is 6.22. The van der Waals surface area contributed by atoms with Crippen molar-refractivity contribution in [2.45, 2.75) is 51.5 Å². The predicted octanol–water partition coefficient (Wildman–Crippen LogP) is 1.35. The monoisotopic (exact) mass is 249 g/mol. The Bertz CT molecular complexity index is 288. The van der Waals surface area contributed by atoms with E-state index in [1.165, 1.54) is 0 Å². The van der Waals surface area contributed by atoms with Gasteiger partial charge in [0.15, 0.2) is 0 Å². The number of aliphatic hydroxyl groups is 1. The van der Waals surface area contributed by atoms with E-state index in [9.17, 15) is 8.42 Å². The molecule has 1 unspecified atom stereocenters. The van der Waals surface area contributed by atoms with Crippen molar-refractivity contribution in [1.82, 2.24) is 4.31 Å². The van der Waals surface area contributed by atoms with Gasteiger partial charge >= 0.3 is 0 Å². The van der Waals surface area contributed by atoms with Crippen molar-refractivity contribution in [1.29, 1.82) is 0 Å². The summed E-state index contributed by atoms with van der Waals surface area (Å²) in [6.07, 6.45) is 5.42. The number of sulfonamides is 1. The van der Waals surface area contributed by atoms with Crippen LogP contribution in [0.3, 0.4) is 0 Å². The number of hydrogen-bond acceptors (Lipinski definition) is 3. The van der Waals surface area contributed by atoms with Gasteiger partial charge in [0.25, 0.3) is 0 Å². The van der Waals surface area contributed by atoms with E-state index in [2.05, 4.69) is 6.92 Å². The fraction of sp³-hybridized carbons (Fsp3) is 1.00. The molecular weight excluding hydrogens is 226 g/mol. The van der Waals surface area contributed by atoms with Crippen LogP contribution < -0.4 is 0 Å². The Morgan fingerprint density at radius 2 is 2.12 bits per heavy atom. The van der Waals surface area contributed by atoms with Crippen LogP contribution in [0, 0.1) is 0 Å². The average Bonchev–Trinajstić information content (AvgIpc) is 2.27. The van der Waals surface area contributed by atoms with Gasteiger partial charge in [-0.15, -0.1) is 0 Å². The standard InChI is InChI=1S/C11H23NO3S/c1-2-6-11-7-3-4-8-12(11)16(14,15)10-5-9-13/h11,13H,2-10H2,1H3. The molecule has 96 valence electrons. The number of aliphatic hydroxyl groups excluding tert-OH is 1. The highest BCUT2D eigenvalue weighted by molar-refractivity contribution is 7.89. The van der Waals surface area contributed by atoms with E-state index < -0.39 is 10.0 Å². The van der Waals surface area contributed by atoms with Crippen LogP contribution in [0.4, 0.5) is 0 Å². The molecule has 1 N–H and O–H groups in total. The molecule has 1 atom stereocenters. The van der Waals surface area contributed by atoms with E-state index in [-0.39, 0.29) is 18.4 Å². The van der Waals surface area contributed by atoms with Gasteiger partial charge in [0.2, 0.25) is 10.0 Å². The summed E-state index contributed by atoms with van der Waals surface area (Å²) in [7, 11) is -3.14. The second kappa shape index (κ2) is 6.57. The largest absolute Gasteiger partial charge is 0.396 e. The molecule has 0 saturated carbocycles. The fourth-order valence-corrected chi connectivity index (χ4v) is 4.13. The Balaban J connectivity index is 2.66. The van der Waals surface area contributed by atoms with Crippen LogP contribution in [-0.4, -0.2) is 42.8 Å². The van der Waals surface area contributed by atoms with Gasteiger partial charge in [0.1, 0.15) is 0 Å². The molecule has 0 aromatic rings. The molecule has 1 aliphatic rings. The van der Waals surface area contributed by atoms with Crippen LogP contribution in [-0.2, 0) is 10.0 Å². The maximum Gasteiger partial charge on any atom is 0.214 e. The van der Waals surface area contributed by atoms with Crippen molar-refractivity contribution < 1.29 is 13.5 Å². The molecule has 0 amide bonds. The molecule has 0 aromatic carbocycles. The summed E-state index contributed by atoms with van der Waals surface area (Å²) in [5.41, 5.74) is 0. The van der Waals surface area contributed by atoms with Crippen molar-refractivity contribution in [3.05, 3.63) is 0 Å². The lowest BCUT2D eigenvalue weighted by Crippen LogP contribution is -2.44. The third-order valence-corrected chi connectivity index (χ3v) is 5.11. The van der Waals surface area contributed by atoms with Crippen molar-refractivity contribution in [3.63, 3.8) is 0 Å². The quantitative estimate of drug-likeness (QED) is 0.773. The zero-order chi connectivity index (χ0) is 12.0. The van der Waals surface area contributed by atoms with Gasteiger partial charge in [0.05, 0.1) is 5.75 Å². The first-order valence-corrected chi connectivity index (χ1v) is 7.83. The fourth-order valence-electron chi connectivity index (χ4n) is 2.33. The van der Waals surface area contributed by atoms with E-state index >= 15 is 0 Å². The molecule has 5 heteroatoms. The molecule has 1 rings (SSSR count). The highest BCUT2D eigenvalue weighted by atomic mass is 32.2. The smallest absolute Gasteiger partial charge is 0.214 e. The van der Waals surface area contributed by atoms with Gasteiger partial charge in [-0.25, -0.2) is 8.42 Å². The topological polar surface area (TPSA) is 57.6 Å². The lowest BCUT2D eigenvalue weighted by atomic mass is 10.0. The molecule has 0 aliphatic carbocycles. The highest BCUT2D eigenvalue weighted by Crippen LogP contribution is 2.24. The van der Waals surface area contributed by atoms with Crippen LogP contribution in [0.1, 0.15) is 45.4 Å². The third-order valence-electron chi connectivity index (χ3n) is 3.11. The average molecular weight is 249 g/mol. The zero-order valence-electron chi connectivity index (χ0n) is 10.1. The normalized spacial score (nSPS) is 23.5. The molecule has 0 aromatic heterocycles. The Morgan fingerprint density at radius 3 is 2.75 bits per heavy atom. The van der Waals surface area contributed by atoms with Crippen molar-refractivity contribution in [2.24, 2.45) is 0 Å². The van der Waals surface area contributed by atoms with Gasteiger partial charge in [-0.3, -0.25) is 0 Å². The van der Waals surface area contributed by atoms with E-state index in [0.29, 0.717) is 13.0 Å². The maximum absolute atomic E-state index is 12.0. The van der Waals surface area contributed by atoms with Crippen LogP contribution in [0.2, 0.25) is 0 Å². The molecule has 0 spiro atoms. The molecule has 1 saturated heterocycles. The van der Waals surface area contributed by atoms with Gasteiger partial charge in [-0.2, -0.15) is 4.31 Å². The molecule has 0 bridgehead atoms. The van der Waals surface area contributed by atoms with Crippen molar-refractivity contribution in [3.8, 4) is 0 Å². The van der Waals surface area contributed by atoms with Gasteiger partial charge < -0.3 is 5.11 Å². The van der Waals surface area contributed by atoms with Crippen LogP contribution >= 0.6 is 0 Å². The maximum atomic E-state index is 12.0.